The van der Waals surface area contributed by atoms with Gasteiger partial charge in [-0.05, 0) is 42.1 Å². The standard InChI is InChI=1S/C18H22N6O3S/c1-18(11-16(25)23-17-20-6-8-28-17)13-10-15(27-7-5-22-24-19)14(26-2)9-12(13)3-4-21-18/h6,8-10,21H,3-5,7,11H2,1-2H3,(H,20,23,25)/t18-/m1/s1. The Balaban J connectivity index is 1.83. The number of carbonyl (C=O) groups excluding carboxylic acids is 1. The molecule has 1 aromatic carbocycles. The number of carbonyl (C=O) groups is 1. The maximum atomic E-state index is 12.6. The maximum Gasteiger partial charge on any atom is 0.228 e. The number of hydrogen-bond acceptors (Lipinski definition) is 7. The van der Waals surface area contributed by atoms with Gasteiger partial charge < -0.3 is 20.1 Å². The normalized spacial score (nSPS) is 17.9. The van der Waals surface area contributed by atoms with Crippen molar-refractivity contribution in [1.82, 2.24) is 10.3 Å². The highest BCUT2D eigenvalue weighted by atomic mass is 32.1. The number of benzene rings is 1. The molecule has 1 atom stereocenters. The third kappa shape index (κ3) is 4.53. The Morgan fingerprint density at radius 2 is 2.36 bits per heavy atom. The van der Waals surface area contributed by atoms with E-state index in [2.05, 4.69) is 25.6 Å². The Morgan fingerprint density at radius 1 is 1.50 bits per heavy atom. The summed E-state index contributed by atoms with van der Waals surface area (Å²) in [6, 6.07) is 3.86. The minimum absolute atomic E-state index is 0.112. The van der Waals surface area contributed by atoms with Gasteiger partial charge in [0, 0.05) is 35.0 Å². The number of ether oxygens (including phenoxy) is 2. The summed E-state index contributed by atoms with van der Waals surface area (Å²) in [5, 5.41) is 12.2. The third-order valence-electron chi connectivity index (χ3n) is 4.60. The Hall–Kier alpha value is -2.81. The van der Waals surface area contributed by atoms with Crippen LogP contribution in [0.4, 0.5) is 5.13 Å². The summed E-state index contributed by atoms with van der Waals surface area (Å²) < 4.78 is 11.2. The first-order valence-electron chi connectivity index (χ1n) is 8.85. The van der Waals surface area contributed by atoms with Gasteiger partial charge in [0.2, 0.25) is 5.91 Å². The summed E-state index contributed by atoms with van der Waals surface area (Å²) in [5.74, 6) is 1.07. The molecule has 148 valence electrons. The fourth-order valence-corrected chi connectivity index (χ4v) is 3.88. The van der Waals surface area contributed by atoms with Crippen LogP contribution in [-0.4, -0.2) is 37.7 Å². The molecule has 1 aromatic heterocycles. The van der Waals surface area contributed by atoms with E-state index in [1.807, 2.05) is 24.4 Å². The van der Waals surface area contributed by atoms with Gasteiger partial charge in [-0.3, -0.25) is 4.79 Å². The average molecular weight is 402 g/mol. The Bertz CT molecular complexity index is 882. The van der Waals surface area contributed by atoms with E-state index in [0.717, 1.165) is 24.1 Å². The molecule has 0 radical (unpaired) electrons. The summed E-state index contributed by atoms with van der Waals surface area (Å²) >= 11 is 1.38. The first-order chi connectivity index (χ1) is 13.6. The maximum absolute atomic E-state index is 12.6. The van der Waals surface area contributed by atoms with E-state index in [1.54, 1.807) is 13.3 Å². The Labute approximate surface area is 166 Å². The van der Waals surface area contributed by atoms with Gasteiger partial charge >= 0.3 is 0 Å². The number of hydrogen-bond donors (Lipinski definition) is 2. The van der Waals surface area contributed by atoms with Gasteiger partial charge in [0.05, 0.1) is 20.3 Å². The van der Waals surface area contributed by atoms with Gasteiger partial charge in [0.25, 0.3) is 0 Å². The molecule has 2 N–H and O–H groups in total. The predicted octanol–water partition coefficient (Wildman–Crippen LogP) is 3.23. The number of amides is 1. The van der Waals surface area contributed by atoms with Crippen molar-refractivity contribution in [2.45, 2.75) is 25.3 Å². The van der Waals surface area contributed by atoms with Gasteiger partial charge in [-0.2, -0.15) is 0 Å². The highest BCUT2D eigenvalue weighted by Gasteiger charge is 2.35. The molecule has 0 bridgehead atoms. The first-order valence-corrected chi connectivity index (χ1v) is 9.73. The van der Waals surface area contributed by atoms with Gasteiger partial charge in [0.15, 0.2) is 16.6 Å². The van der Waals surface area contributed by atoms with Gasteiger partial charge in [0.1, 0.15) is 0 Å². The minimum atomic E-state index is -0.551. The zero-order valence-corrected chi connectivity index (χ0v) is 16.6. The smallest absolute Gasteiger partial charge is 0.228 e. The van der Waals surface area contributed by atoms with E-state index >= 15 is 0 Å². The van der Waals surface area contributed by atoms with Crippen LogP contribution >= 0.6 is 11.3 Å². The molecule has 9 nitrogen and oxygen atoms in total. The van der Waals surface area contributed by atoms with Crippen LogP contribution in [0.25, 0.3) is 10.4 Å². The highest BCUT2D eigenvalue weighted by molar-refractivity contribution is 7.13. The fraction of sp³-hybridized carbons (Fsp3) is 0.444. The van der Waals surface area contributed by atoms with E-state index in [4.69, 9.17) is 15.0 Å². The second-order valence-electron chi connectivity index (χ2n) is 6.53. The van der Waals surface area contributed by atoms with E-state index in [-0.39, 0.29) is 25.5 Å². The van der Waals surface area contributed by atoms with Crippen LogP contribution < -0.4 is 20.1 Å². The number of aromatic nitrogens is 1. The van der Waals surface area contributed by atoms with Crippen LogP contribution in [0.1, 0.15) is 24.5 Å². The summed E-state index contributed by atoms with van der Waals surface area (Å²) in [6.07, 6.45) is 2.74. The molecule has 0 unspecified atom stereocenters. The second-order valence-corrected chi connectivity index (χ2v) is 7.43. The van der Waals surface area contributed by atoms with Crippen molar-refractivity contribution in [3.05, 3.63) is 45.3 Å². The van der Waals surface area contributed by atoms with Crippen LogP contribution in [0.5, 0.6) is 11.5 Å². The number of rotatable bonds is 8. The number of azide groups is 1. The third-order valence-corrected chi connectivity index (χ3v) is 5.29. The van der Waals surface area contributed by atoms with Crippen molar-refractivity contribution in [2.75, 3.05) is 32.1 Å². The number of anilines is 1. The molecule has 1 amide bonds. The van der Waals surface area contributed by atoms with Crippen LogP contribution in [0, 0.1) is 0 Å². The number of fused-ring (bicyclic) bond motifs is 1. The molecular formula is C18H22N6O3S. The molecule has 1 aliphatic heterocycles. The molecular weight excluding hydrogens is 380 g/mol. The van der Waals surface area contributed by atoms with Crippen molar-refractivity contribution in [3.8, 4) is 11.5 Å². The lowest BCUT2D eigenvalue weighted by atomic mass is 9.81. The summed E-state index contributed by atoms with van der Waals surface area (Å²) in [4.78, 5) is 19.4. The molecule has 3 rings (SSSR count). The predicted molar refractivity (Wildman–Crippen MR) is 107 cm³/mol. The summed E-state index contributed by atoms with van der Waals surface area (Å²) in [5.41, 5.74) is 9.95. The molecule has 28 heavy (non-hydrogen) atoms. The first kappa shape index (κ1) is 19.9. The lowest BCUT2D eigenvalue weighted by molar-refractivity contribution is -0.117. The van der Waals surface area contributed by atoms with Crippen molar-refractivity contribution >= 4 is 22.4 Å². The molecule has 0 fully saturated rings. The number of nitrogens with zero attached hydrogens (tertiary/aromatic N) is 4. The van der Waals surface area contributed by atoms with Crippen LogP contribution in [0.3, 0.4) is 0 Å². The lowest BCUT2D eigenvalue weighted by Gasteiger charge is -2.37. The van der Waals surface area contributed by atoms with Crippen LogP contribution in [0.2, 0.25) is 0 Å². The topological polar surface area (TPSA) is 121 Å². The average Bonchev–Trinajstić information content (AvgIpc) is 3.17. The molecule has 0 aliphatic carbocycles. The molecule has 0 saturated carbocycles. The van der Waals surface area contributed by atoms with E-state index in [9.17, 15) is 4.79 Å². The molecule has 2 heterocycles. The fourth-order valence-electron chi connectivity index (χ4n) is 3.33. The largest absolute Gasteiger partial charge is 0.493 e. The zero-order chi connectivity index (χ0) is 20.0. The minimum Gasteiger partial charge on any atom is -0.493 e. The SMILES string of the molecule is COc1cc2c(cc1OCCN=[N+]=[N-])[C@@](C)(CC(=O)Nc1nccs1)NCC2. The molecule has 0 saturated heterocycles. The van der Waals surface area contributed by atoms with Gasteiger partial charge in [-0.1, -0.05) is 5.11 Å². The van der Waals surface area contributed by atoms with E-state index in [0.29, 0.717) is 16.6 Å². The van der Waals surface area contributed by atoms with Gasteiger partial charge in [-0.25, -0.2) is 4.98 Å². The number of thiazole rings is 1. The van der Waals surface area contributed by atoms with Crippen molar-refractivity contribution in [2.24, 2.45) is 5.11 Å². The van der Waals surface area contributed by atoms with Crippen molar-refractivity contribution in [1.29, 1.82) is 0 Å². The second kappa shape index (κ2) is 8.92. The van der Waals surface area contributed by atoms with Crippen molar-refractivity contribution < 1.29 is 14.3 Å². The Kier molecular flexibility index (Phi) is 6.35. The van der Waals surface area contributed by atoms with Crippen LogP contribution in [-0.2, 0) is 16.8 Å². The number of methoxy groups -OCH3 is 1. The molecule has 1 aliphatic rings. The van der Waals surface area contributed by atoms with Crippen molar-refractivity contribution in [3.63, 3.8) is 0 Å². The zero-order valence-electron chi connectivity index (χ0n) is 15.8. The molecule has 10 heteroatoms. The van der Waals surface area contributed by atoms with Gasteiger partial charge in [-0.15, -0.1) is 11.3 Å². The summed E-state index contributed by atoms with van der Waals surface area (Å²) in [6.45, 7) is 3.23. The van der Waals surface area contributed by atoms with E-state index in [1.165, 1.54) is 11.3 Å². The lowest BCUT2D eigenvalue weighted by Crippen LogP contribution is -2.47. The molecule has 2 aromatic rings. The molecule has 0 spiro atoms. The quantitative estimate of drug-likeness (QED) is 0.304. The highest BCUT2D eigenvalue weighted by Crippen LogP contribution is 2.39. The Morgan fingerprint density at radius 3 is 3.07 bits per heavy atom. The summed E-state index contributed by atoms with van der Waals surface area (Å²) in [7, 11) is 1.59. The number of nitrogens with one attached hydrogen (secondary N) is 2. The van der Waals surface area contributed by atoms with E-state index < -0.39 is 5.54 Å². The monoisotopic (exact) mass is 402 g/mol. The van der Waals surface area contributed by atoms with Crippen LogP contribution in [0.15, 0.2) is 28.8 Å².